The molecule has 0 saturated carbocycles. The molecule has 0 aliphatic heterocycles. The number of hydrogen-bond donors (Lipinski definition) is 1. The van der Waals surface area contributed by atoms with Crippen molar-refractivity contribution in [3.05, 3.63) is 23.8 Å². The molecule has 1 atom stereocenters. The predicted octanol–water partition coefficient (Wildman–Crippen LogP) is 3.97. The van der Waals surface area contributed by atoms with E-state index in [2.05, 4.69) is 45.3 Å². The van der Waals surface area contributed by atoms with Crippen LogP contribution in [0.1, 0.15) is 25.8 Å². The Morgan fingerprint density at radius 3 is 2.94 bits per heavy atom. The average Bonchev–Trinajstić information content (AvgIpc) is 2.78. The number of alkyl halides is 1. The summed E-state index contributed by atoms with van der Waals surface area (Å²) in [4.78, 5) is 16.0. The molecule has 96 valence electrons. The number of carbonyl (C=O) groups excluding carboxylic acids is 1. The second kappa shape index (κ2) is 5.80. The molecule has 3 nitrogen and oxygen atoms in total. The van der Waals surface area contributed by atoms with Gasteiger partial charge in [-0.05, 0) is 30.5 Å². The number of nitrogens with zero attached hydrogens (tertiary/aromatic N) is 1. The number of nitrogens with one attached hydrogen (secondary N) is 1. The number of anilines is 1. The highest BCUT2D eigenvalue weighted by atomic mass is 79.9. The van der Waals surface area contributed by atoms with Crippen molar-refractivity contribution in [2.24, 2.45) is 0 Å². The smallest absolute Gasteiger partial charge is 0.239 e. The van der Waals surface area contributed by atoms with Gasteiger partial charge < -0.3 is 5.32 Å². The zero-order valence-electron chi connectivity index (χ0n) is 10.4. The molecule has 1 aromatic carbocycles. The predicted molar refractivity (Wildman–Crippen MR) is 80.6 cm³/mol. The van der Waals surface area contributed by atoms with Crippen LogP contribution in [0.4, 0.5) is 5.13 Å². The summed E-state index contributed by atoms with van der Waals surface area (Å²) in [7, 11) is 0. The summed E-state index contributed by atoms with van der Waals surface area (Å²) in [6.07, 6.45) is 1.77. The Labute approximate surface area is 119 Å². The van der Waals surface area contributed by atoms with Crippen LogP contribution in [0.15, 0.2) is 18.2 Å². The van der Waals surface area contributed by atoms with Crippen LogP contribution < -0.4 is 5.32 Å². The van der Waals surface area contributed by atoms with Crippen molar-refractivity contribution in [2.45, 2.75) is 31.5 Å². The van der Waals surface area contributed by atoms with Gasteiger partial charge in [0, 0.05) is 0 Å². The van der Waals surface area contributed by atoms with Crippen LogP contribution in [0.3, 0.4) is 0 Å². The molecule has 0 spiro atoms. The number of carbonyl (C=O) groups is 1. The molecule has 2 aromatic rings. The molecule has 5 heteroatoms. The zero-order chi connectivity index (χ0) is 13.1. The second-order valence-corrected chi connectivity index (χ2v) is 6.18. The van der Waals surface area contributed by atoms with Crippen molar-refractivity contribution in [1.82, 2.24) is 4.98 Å². The van der Waals surface area contributed by atoms with Crippen molar-refractivity contribution in [2.75, 3.05) is 5.32 Å². The molecule has 0 radical (unpaired) electrons. The lowest BCUT2D eigenvalue weighted by molar-refractivity contribution is -0.115. The molecule has 0 bridgehead atoms. The second-order valence-electron chi connectivity index (χ2n) is 4.04. The Hall–Kier alpha value is -0.940. The van der Waals surface area contributed by atoms with Crippen LogP contribution in [0.25, 0.3) is 10.2 Å². The number of rotatable bonds is 4. The van der Waals surface area contributed by atoms with Gasteiger partial charge in [-0.15, -0.1) is 0 Å². The molecule has 18 heavy (non-hydrogen) atoms. The minimum Gasteiger partial charge on any atom is -0.301 e. The van der Waals surface area contributed by atoms with Gasteiger partial charge in [0.05, 0.1) is 15.0 Å². The normalized spacial score (nSPS) is 12.6. The lowest BCUT2D eigenvalue weighted by atomic mass is 10.2. The fraction of sp³-hybridized carbons (Fsp3) is 0.385. The first-order valence-corrected chi connectivity index (χ1v) is 7.71. The highest BCUT2D eigenvalue weighted by molar-refractivity contribution is 9.10. The molecule has 1 heterocycles. The summed E-state index contributed by atoms with van der Waals surface area (Å²) in [5, 5.41) is 3.51. The molecule has 1 aromatic heterocycles. The average molecular weight is 327 g/mol. The van der Waals surface area contributed by atoms with E-state index in [1.807, 2.05) is 13.0 Å². The van der Waals surface area contributed by atoms with Crippen LogP contribution >= 0.6 is 27.3 Å². The molecule has 0 aliphatic rings. The van der Waals surface area contributed by atoms with E-state index in [9.17, 15) is 4.79 Å². The van der Waals surface area contributed by atoms with Crippen LogP contribution in [0.2, 0.25) is 0 Å². The van der Waals surface area contributed by atoms with Gasteiger partial charge >= 0.3 is 0 Å². The summed E-state index contributed by atoms with van der Waals surface area (Å²) in [5.74, 6) is -0.0349. The molecule has 2 rings (SSSR count). The molecular weight excluding hydrogens is 312 g/mol. The third-order valence-corrected chi connectivity index (χ3v) is 4.73. The van der Waals surface area contributed by atoms with Crippen molar-refractivity contribution < 1.29 is 4.79 Å². The summed E-state index contributed by atoms with van der Waals surface area (Å²) in [5.41, 5.74) is 2.23. The number of halogens is 1. The highest BCUT2D eigenvalue weighted by Gasteiger charge is 2.14. The molecule has 1 amide bonds. The Bertz CT molecular complexity index is 567. The fourth-order valence-corrected chi connectivity index (χ4v) is 2.66. The van der Waals surface area contributed by atoms with E-state index < -0.39 is 0 Å². The van der Waals surface area contributed by atoms with Crippen LogP contribution in [-0.2, 0) is 11.2 Å². The van der Waals surface area contributed by atoms with Gasteiger partial charge in [0.1, 0.15) is 0 Å². The van der Waals surface area contributed by atoms with E-state index in [4.69, 9.17) is 0 Å². The van der Waals surface area contributed by atoms with Crippen molar-refractivity contribution in [1.29, 1.82) is 0 Å². The van der Waals surface area contributed by atoms with E-state index in [0.29, 0.717) is 5.13 Å². The summed E-state index contributed by atoms with van der Waals surface area (Å²) in [6, 6.07) is 6.22. The van der Waals surface area contributed by atoms with E-state index in [-0.39, 0.29) is 10.7 Å². The van der Waals surface area contributed by atoms with Gasteiger partial charge in [-0.1, -0.05) is 47.2 Å². The van der Waals surface area contributed by atoms with Crippen LogP contribution in [0, 0.1) is 0 Å². The molecule has 1 N–H and O–H groups in total. The summed E-state index contributed by atoms with van der Waals surface area (Å²) < 4.78 is 1.12. The van der Waals surface area contributed by atoms with Crippen LogP contribution in [0.5, 0.6) is 0 Å². The Morgan fingerprint density at radius 1 is 1.50 bits per heavy atom. The largest absolute Gasteiger partial charge is 0.301 e. The summed E-state index contributed by atoms with van der Waals surface area (Å²) in [6.45, 7) is 4.09. The minimum atomic E-state index is -0.157. The van der Waals surface area contributed by atoms with Crippen molar-refractivity contribution in [3.8, 4) is 0 Å². The maximum atomic E-state index is 11.8. The Kier molecular flexibility index (Phi) is 4.35. The SMILES string of the molecule is CCc1ccc2nc(NC(=O)[C@H](Br)CC)sc2c1. The first-order valence-electron chi connectivity index (χ1n) is 5.98. The van der Waals surface area contributed by atoms with Gasteiger partial charge in [0.15, 0.2) is 5.13 Å². The molecule has 0 unspecified atom stereocenters. The third kappa shape index (κ3) is 2.90. The molecular formula is C13H15BrN2OS. The van der Waals surface area contributed by atoms with E-state index >= 15 is 0 Å². The first kappa shape index (κ1) is 13.5. The monoisotopic (exact) mass is 326 g/mol. The van der Waals surface area contributed by atoms with E-state index in [1.165, 1.54) is 16.9 Å². The topological polar surface area (TPSA) is 42.0 Å². The minimum absolute atomic E-state index is 0.0349. The maximum absolute atomic E-state index is 11.8. The van der Waals surface area contributed by atoms with Gasteiger partial charge in [0.2, 0.25) is 5.91 Å². The number of amides is 1. The molecule has 0 fully saturated rings. The number of aromatic nitrogens is 1. The molecule has 0 aliphatic carbocycles. The van der Waals surface area contributed by atoms with Crippen molar-refractivity contribution in [3.63, 3.8) is 0 Å². The highest BCUT2D eigenvalue weighted by Crippen LogP contribution is 2.27. The molecule has 0 saturated heterocycles. The number of thiazole rings is 1. The first-order chi connectivity index (χ1) is 8.63. The fourth-order valence-electron chi connectivity index (χ4n) is 1.61. The standard InChI is InChI=1S/C13H15BrN2OS/c1-3-8-5-6-10-11(7-8)18-13(15-10)16-12(17)9(14)4-2/h5-7,9H,3-4H2,1-2H3,(H,15,16,17)/t9-/m1/s1. The Morgan fingerprint density at radius 2 is 2.28 bits per heavy atom. The van der Waals surface area contributed by atoms with Gasteiger partial charge in [-0.25, -0.2) is 4.98 Å². The van der Waals surface area contributed by atoms with Gasteiger partial charge in [-0.3, -0.25) is 4.79 Å². The zero-order valence-corrected chi connectivity index (χ0v) is 12.8. The quantitative estimate of drug-likeness (QED) is 0.864. The summed E-state index contributed by atoms with van der Waals surface area (Å²) >= 11 is 4.85. The number of aryl methyl sites for hydroxylation is 1. The van der Waals surface area contributed by atoms with E-state index in [0.717, 1.165) is 23.1 Å². The van der Waals surface area contributed by atoms with Crippen molar-refractivity contribution >= 4 is 48.5 Å². The number of hydrogen-bond acceptors (Lipinski definition) is 3. The third-order valence-electron chi connectivity index (χ3n) is 2.73. The van der Waals surface area contributed by atoms with Crippen LogP contribution in [-0.4, -0.2) is 15.7 Å². The van der Waals surface area contributed by atoms with E-state index in [1.54, 1.807) is 0 Å². The maximum Gasteiger partial charge on any atom is 0.239 e. The number of fused-ring (bicyclic) bond motifs is 1. The van der Waals surface area contributed by atoms with Gasteiger partial charge in [-0.2, -0.15) is 0 Å². The Balaban J connectivity index is 2.22. The van der Waals surface area contributed by atoms with Gasteiger partial charge in [0.25, 0.3) is 0 Å². The lowest BCUT2D eigenvalue weighted by Crippen LogP contribution is -2.21. The lowest BCUT2D eigenvalue weighted by Gasteiger charge is -2.04. The number of benzene rings is 1.